The van der Waals surface area contributed by atoms with E-state index in [-0.39, 0.29) is 0 Å². The van der Waals surface area contributed by atoms with Gasteiger partial charge < -0.3 is 10.1 Å². The lowest BCUT2D eigenvalue weighted by atomic mass is 9.86. The van der Waals surface area contributed by atoms with Crippen LogP contribution in [0.5, 0.6) is 5.75 Å². The van der Waals surface area contributed by atoms with Crippen molar-refractivity contribution in [3.63, 3.8) is 0 Å². The van der Waals surface area contributed by atoms with Gasteiger partial charge in [-0.15, -0.1) is 0 Å². The molecule has 1 aromatic rings. The van der Waals surface area contributed by atoms with Crippen LogP contribution in [-0.4, -0.2) is 61.8 Å². The van der Waals surface area contributed by atoms with Gasteiger partial charge >= 0.3 is 0 Å². The van der Waals surface area contributed by atoms with Gasteiger partial charge in [0, 0.05) is 43.7 Å². The number of piperazine rings is 1. The molecule has 1 aliphatic carbocycles. The molecule has 2 unspecified atom stereocenters. The second-order valence-electron chi connectivity index (χ2n) is 8.25. The van der Waals surface area contributed by atoms with E-state index in [4.69, 9.17) is 4.74 Å². The first-order chi connectivity index (χ1) is 12.9. The Labute approximate surface area is 158 Å². The molecule has 3 fully saturated rings. The molecule has 144 valence electrons. The average molecular weight is 358 g/mol. The highest BCUT2D eigenvalue weighted by Gasteiger charge is 2.35. The minimum Gasteiger partial charge on any atom is -0.496 e. The minimum atomic E-state index is 0.452. The molecule has 2 heterocycles. The van der Waals surface area contributed by atoms with Crippen molar-refractivity contribution in [2.45, 2.75) is 63.1 Å². The first-order valence-electron chi connectivity index (χ1n) is 10.7. The normalized spacial score (nSPS) is 29.6. The highest BCUT2D eigenvalue weighted by Crippen LogP contribution is 2.36. The zero-order chi connectivity index (χ0) is 17.8. The average Bonchev–Trinajstić information content (AvgIpc) is 2.74. The monoisotopic (exact) mass is 357 g/mol. The van der Waals surface area contributed by atoms with Crippen LogP contribution in [0.25, 0.3) is 0 Å². The largest absolute Gasteiger partial charge is 0.496 e. The van der Waals surface area contributed by atoms with Crippen LogP contribution in [0.4, 0.5) is 0 Å². The van der Waals surface area contributed by atoms with Crippen LogP contribution < -0.4 is 10.1 Å². The minimum absolute atomic E-state index is 0.452. The third-order valence-electron chi connectivity index (χ3n) is 6.80. The van der Waals surface area contributed by atoms with Crippen molar-refractivity contribution in [3.05, 3.63) is 29.8 Å². The molecular formula is C22H35N3O. The summed E-state index contributed by atoms with van der Waals surface area (Å²) in [7, 11) is 1.80. The zero-order valence-corrected chi connectivity index (χ0v) is 16.3. The molecule has 0 radical (unpaired) electrons. The van der Waals surface area contributed by atoms with E-state index in [9.17, 15) is 0 Å². The second-order valence-corrected chi connectivity index (χ2v) is 8.25. The van der Waals surface area contributed by atoms with Gasteiger partial charge in [0.05, 0.1) is 13.3 Å². The number of ether oxygens (including phenoxy) is 1. The van der Waals surface area contributed by atoms with Crippen molar-refractivity contribution in [3.8, 4) is 5.75 Å². The maximum Gasteiger partial charge on any atom is 0.122 e. The lowest BCUT2D eigenvalue weighted by molar-refractivity contribution is 0.0309. The highest BCUT2D eigenvalue weighted by atomic mass is 16.5. The summed E-state index contributed by atoms with van der Waals surface area (Å²) in [6, 6.07) is 9.47. The van der Waals surface area contributed by atoms with Crippen LogP contribution in [0.1, 0.15) is 56.4 Å². The van der Waals surface area contributed by atoms with E-state index < -0.39 is 0 Å². The van der Waals surface area contributed by atoms with E-state index in [2.05, 4.69) is 39.4 Å². The summed E-state index contributed by atoms with van der Waals surface area (Å²) in [4.78, 5) is 5.48. The quantitative estimate of drug-likeness (QED) is 0.893. The van der Waals surface area contributed by atoms with Gasteiger partial charge in [-0.1, -0.05) is 37.5 Å². The number of nitrogens with one attached hydrogen (secondary N) is 1. The summed E-state index contributed by atoms with van der Waals surface area (Å²) in [6.45, 7) is 6.00. The number of hydrogen-bond acceptors (Lipinski definition) is 4. The van der Waals surface area contributed by atoms with Gasteiger partial charge in [-0.2, -0.15) is 0 Å². The van der Waals surface area contributed by atoms with E-state index >= 15 is 0 Å². The summed E-state index contributed by atoms with van der Waals surface area (Å²) < 4.78 is 5.68. The topological polar surface area (TPSA) is 27.7 Å². The summed E-state index contributed by atoms with van der Waals surface area (Å²) >= 11 is 0. The first kappa shape index (κ1) is 18.3. The van der Waals surface area contributed by atoms with E-state index in [1.165, 1.54) is 76.7 Å². The van der Waals surface area contributed by atoms with Gasteiger partial charge in [0.1, 0.15) is 5.75 Å². The fourth-order valence-electron chi connectivity index (χ4n) is 5.38. The van der Waals surface area contributed by atoms with Gasteiger partial charge in [0.25, 0.3) is 0 Å². The molecule has 0 aromatic heterocycles. The Hall–Kier alpha value is -1.10. The lowest BCUT2D eigenvalue weighted by Gasteiger charge is -2.47. The Bertz CT molecular complexity index is 564. The molecule has 2 aliphatic heterocycles. The summed E-state index contributed by atoms with van der Waals surface area (Å²) in [5.74, 6) is 1.58. The predicted octanol–water partition coefficient (Wildman–Crippen LogP) is 3.44. The van der Waals surface area contributed by atoms with Crippen LogP contribution >= 0.6 is 0 Å². The van der Waals surface area contributed by atoms with Crippen LogP contribution in [0.3, 0.4) is 0 Å². The molecule has 1 aromatic carbocycles. The third-order valence-corrected chi connectivity index (χ3v) is 6.80. The molecule has 4 rings (SSSR count). The van der Waals surface area contributed by atoms with Crippen LogP contribution in [-0.2, 0) is 0 Å². The van der Waals surface area contributed by atoms with E-state index in [1.54, 1.807) is 7.11 Å². The number of nitrogens with zero attached hydrogens (tertiary/aromatic N) is 2. The first-order valence-corrected chi connectivity index (χ1v) is 10.7. The molecule has 2 atom stereocenters. The number of benzene rings is 1. The maximum atomic E-state index is 5.68. The molecule has 26 heavy (non-hydrogen) atoms. The van der Waals surface area contributed by atoms with Crippen molar-refractivity contribution in [2.75, 3.05) is 39.8 Å². The molecule has 0 spiro atoms. The van der Waals surface area contributed by atoms with Crippen molar-refractivity contribution < 1.29 is 4.74 Å². The van der Waals surface area contributed by atoms with Gasteiger partial charge in [0.2, 0.25) is 0 Å². The van der Waals surface area contributed by atoms with Crippen molar-refractivity contribution in [1.82, 2.24) is 15.1 Å². The molecule has 0 amide bonds. The van der Waals surface area contributed by atoms with Crippen molar-refractivity contribution >= 4 is 0 Å². The van der Waals surface area contributed by atoms with Crippen LogP contribution in [0.2, 0.25) is 0 Å². The van der Waals surface area contributed by atoms with Crippen molar-refractivity contribution in [2.24, 2.45) is 0 Å². The Morgan fingerprint density at radius 3 is 2.38 bits per heavy atom. The highest BCUT2D eigenvalue weighted by molar-refractivity contribution is 5.37. The fraction of sp³-hybridized carbons (Fsp3) is 0.727. The standard InChI is InChI=1S/C22H35N3O/c1-26-21-12-6-5-10-19(21)20-11-7-13-23-22(20)25-16-14-24(15-17-25)18-8-3-2-4-9-18/h5-6,10,12,18,20,22-23H,2-4,7-9,11,13-17H2,1H3. The molecule has 4 heteroatoms. The molecule has 1 saturated carbocycles. The maximum absolute atomic E-state index is 5.68. The molecule has 4 nitrogen and oxygen atoms in total. The van der Waals surface area contributed by atoms with E-state index in [0.717, 1.165) is 18.3 Å². The number of piperidine rings is 1. The van der Waals surface area contributed by atoms with Crippen LogP contribution in [0.15, 0.2) is 24.3 Å². The van der Waals surface area contributed by atoms with Gasteiger partial charge in [-0.25, -0.2) is 0 Å². The molecule has 0 bridgehead atoms. The second kappa shape index (κ2) is 8.73. The Morgan fingerprint density at radius 1 is 0.885 bits per heavy atom. The molecule has 2 saturated heterocycles. The molecular weight excluding hydrogens is 322 g/mol. The smallest absolute Gasteiger partial charge is 0.122 e. The summed E-state index contributed by atoms with van der Waals surface area (Å²) in [5.41, 5.74) is 1.38. The molecule has 3 aliphatic rings. The van der Waals surface area contributed by atoms with Gasteiger partial charge in [0.15, 0.2) is 0 Å². The summed E-state index contributed by atoms with van der Waals surface area (Å²) in [6.07, 6.45) is 10.1. The third kappa shape index (κ3) is 3.92. The SMILES string of the molecule is COc1ccccc1C1CCCNC1N1CCN(C2CCCCC2)CC1. The van der Waals surface area contributed by atoms with E-state index in [0.29, 0.717) is 12.1 Å². The lowest BCUT2D eigenvalue weighted by Crippen LogP contribution is -2.59. The number of para-hydroxylation sites is 1. The Morgan fingerprint density at radius 2 is 1.62 bits per heavy atom. The van der Waals surface area contributed by atoms with Crippen LogP contribution in [0, 0.1) is 0 Å². The van der Waals surface area contributed by atoms with E-state index in [1.807, 2.05) is 0 Å². The number of rotatable bonds is 4. The number of hydrogen-bond donors (Lipinski definition) is 1. The van der Waals surface area contributed by atoms with Crippen molar-refractivity contribution in [1.29, 1.82) is 0 Å². The Balaban J connectivity index is 1.42. The molecule has 1 N–H and O–H groups in total. The Kier molecular flexibility index (Phi) is 6.13. The summed E-state index contributed by atoms with van der Waals surface area (Å²) in [5, 5.41) is 3.83. The predicted molar refractivity (Wildman–Crippen MR) is 107 cm³/mol. The zero-order valence-electron chi connectivity index (χ0n) is 16.3. The number of methoxy groups -OCH3 is 1. The fourth-order valence-corrected chi connectivity index (χ4v) is 5.38. The van der Waals surface area contributed by atoms with Gasteiger partial charge in [-0.3, -0.25) is 9.80 Å². The van der Waals surface area contributed by atoms with Gasteiger partial charge in [-0.05, 0) is 38.3 Å².